The molecule has 2 aromatic rings. The van der Waals surface area contributed by atoms with E-state index in [1.165, 1.54) is 6.42 Å². The van der Waals surface area contributed by atoms with Gasteiger partial charge in [-0.05, 0) is 68.1 Å². The molecule has 0 saturated carbocycles. The summed E-state index contributed by atoms with van der Waals surface area (Å²) in [6, 6.07) is 12.6. The predicted molar refractivity (Wildman–Crippen MR) is 123 cm³/mol. The lowest BCUT2D eigenvalue weighted by Crippen LogP contribution is -2.35. The van der Waals surface area contributed by atoms with Gasteiger partial charge in [-0.2, -0.15) is 0 Å². The van der Waals surface area contributed by atoms with Crippen molar-refractivity contribution in [2.24, 2.45) is 0 Å². The molecule has 1 aliphatic heterocycles. The summed E-state index contributed by atoms with van der Waals surface area (Å²) in [4.78, 5) is 38.5. The first-order valence-electron chi connectivity index (χ1n) is 10.8. The summed E-state index contributed by atoms with van der Waals surface area (Å²) in [6.07, 6.45) is 3.70. The molecule has 0 atom stereocenters. The van der Waals surface area contributed by atoms with Crippen LogP contribution in [0.25, 0.3) is 0 Å². The number of hydrogen-bond acceptors (Lipinski definition) is 4. The second kappa shape index (κ2) is 10.6. The Morgan fingerprint density at radius 3 is 2.10 bits per heavy atom. The lowest BCUT2D eigenvalue weighted by Gasteiger charge is -2.26. The van der Waals surface area contributed by atoms with E-state index in [2.05, 4.69) is 16.0 Å². The van der Waals surface area contributed by atoms with Gasteiger partial charge in [-0.3, -0.25) is 14.4 Å². The van der Waals surface area contributed by atoms with Gasteiger partial charge in [0.1, 0.15) is 0 Å². The molecule has 3 rings (SSSR count). The highest BCUT2D eigenvalue weighted by Crippen LogP contribution is 2.23. The number of hydrogen-bond donors (Lipinski definition) is 3. The third kappa shape index (κ3) is 6.07. The molecule has 0 aromatic heterocycles. The minimum Gasteiger partial charge on any atom is -0.376 e. The highest BCUT2D eigenvalue weighted by atomic mass is 16.2. The van der Waals surface area contributed by atoms with Crippen LogP contribution in [0.3, 0.4) is 0 Å². The van der Waals surface area contributed by atoms with Gasteiger partial charge in [-0.25, -0.2) is 0 Å². The lowest BCUT2D eigenvalue weighted by molar-refractivity contribution is -0.116. The predicted octanol–water partition coefficient (Wildman–Crippen LogP) is 4.02. The number of benzene rings is 2. The zero-order valence-electron chi connectivity index (χ0n) is 18.2. The molecule has 0 unspecified atom stereocenters. The SMILES string of the molecule is CCC(=O)Nc1cccc(NC(=O)CNc2ccc(C(=O)N3CCCCC3)cc2)c1C. The van der Waals surface area contributed by atoms with Gasteiger partial charge in [0.25, 0.3) is 5.91 Å². The number of anilines is 3. The number of carbonyl (C=O) groups excluding carboxylic acids is 3. The van der Waals surface area contributed by atoms with E-state index in [4.69, 9.17) is 0 Å². The van der Waals surface area contributed by atoms with Gasteiger partial charge in [-0.15, -0.1) is 0 Å². The van der Waals surface area contributed by atoms with E-state index in [1.807, 2.05) is 30.0 Å². The summed E-state index contributed by atoms with van der Waals surface area (Å²) in [7, 11) is 0. The largest absolute Gasteiger partial charge is 0.376 e. The number of likely N-dealkylation sites (tertiary alicyclic amines) is 1. The Morgan fingerprint density at radius 1 is 0.871 bits per heavy atom. The molecule has 7 heteroatoms. The van der Waals surface area contributed by atoms with Crippen LogP contribution in [-0.2, 0) is 9.59 Å². The monoisotopic (exact) mass is 422 g/mol. The third-order valence-electron chi connectivity index (χ3n) is 5.43. The van der Waals surface area contributed by atoms with Gasteiger partial charge < -0.3 is 20.9 Å². The molecule has 1 fully saturated rings. The van der Waals surface area contributed by atoms with Crippen molar-refractivity contribution in [3.63, 3.8) is 0 Å². The molecule has 0 radical (unpaired) electrons. The molecular weight excluding hydrogens is 392 g/mol. The second-order valence-electron chi connectivity index (χ2n) is 7.71. The highest BCUT2D eigenvalue weighted by molar-refractivity contribution is 5.97. The van der Waals surface area contributed by atoms with Crippen LogP contribution >= 0.6 is 0 Å². The van der Waals surface area contributed by atoms with Crippen LogP contribution in [0.15, 0.2) is 42.5 Å². The summed E-state index contributed by atoms with van der Waals surface area (Å²) in [5, 5.41) is 8.78. The first kappa shape index (κ1) is 22.3. The number of nitrogens with zero attached hydrogens (tertiary/aromatic N) is 1. The van der Waals surface area contributed by atoms with Crippen molar-refractivity contribution in [1.82, 2.24) is 4.90 Å². The smallest absolute Gasteiger partial charge is 0.253 e. The Bertz CT molecular complexity index is 934. The lowest BCUT2D eigenvalue weighted by atomic mass is 10.1. The van der Waals surface area contributed by atoms with E-state index in [0.717, 1.165) is 37.2 Å². The summed E-state index contributed by atoms with van der Waals surface area (Å²) in [6.45, 7) is 5.37. The van der Waals surface area contributed by atoms with Crippen molar-refractivity contribution < 1.29 is 14.4 Å². The zero-order chi connectivity index (χ0) is 22.2. The van der Waals surface area contributed by atoms with Crippen molar-refractivity contribution in [3.05, 3.63) is 53.6 Å². The van der Waals surface area contributed by atoms with Crippen LogP contribution in [0.5, 0.6) is 0 Å². The van der Waals surface area contributed by atoms with Crippen LogP contribution in [0.2, 0.25) is 0 Å². The van der Waals surface area contributed by atoms with E-state index >= 15 is 0 Å². The summed E-state index contributed by atoms with van der Waals surface area (Å²) >= 11 is 0. The van der Waals surface area contributed by atoms with Gasteiger partial charge in [-0.1, -0.05) is 13.0 Å². The van der Waals surface area contributed by atoms with E-state index in [9.17, 15) is 14.4 Å². The van der Waals surface area contributed by atoms with Gasteiger partial charge in [0, 0.05) is 42.1 Å². The maximum atomic E-state index is 12.5. The van der Waals surface area contributed by atoms with Crippen molar-refractivity contribution in [3.8, 4) is 0 Å². The fourth-order valence-electron chi connectivity index (χ4n) is 3.53. The van der Waals surface area contributed by atoms with E-state index in [0.29, 0.717) is 23.4 Å². The molecule has 0 aliphatic carbocycles. The molecule has 31 heavy (non-hydrogen) atoms. The third-order valence-corrected chi connectivity index (χ3v) is 5.43. The maximum Gasteiger partial charge on any atom is 0.253 e. The van der Waals surface area contributed by atoms with E-state index < -0.39 is 0 Å². The van der Waals surface area contributed by atoms with Gasteiger partial charge >= 0.3 is 0 Å². The Labute approximate surface area is 183 Å². The maximum absolute atomic E-state index is 12.5. The molecule has 7 nitrogen and oxygen atoms in total. The van der Waals surface area contributed by atoms with Crippen LogP contribution in [-0.4, -0.2) is 42.3 Å². The van der Waals surface area contributed by atoms with E-state index in [1.54, 1.807) is 31.2 Å². The van der Waals surface area contributed by atoms with Crippen molar-refractivity contribution in [2.75, 3.05) is 35.6 Å². The average molecular weight is 423 g/mol. The fraction of sp³-hybridized carbons (Fsp3) is 0.375. The minimum absolute atomic E-state index is 0.0644. The van der Waals surface area contributed by atoms with Crippen molar-refractivity contribution >= 4 is 34.8 Å². The Balaban J connectivity index is 1.53. The Kier molecular flexibility index (Phi) is 7.65. The molecular formula is C24H30N4O3. The van der Waals surface area contributed by atoms with Gasteiger partial charge in [0.05, 0.1) is 6.54 Å². The normalized spacial score (nSPS) is 13.4. The molecule has 0 bridgehead atoms. The van der Waals surface area contributed by atoms with Crippen LogP contribution in [0.4, 0.5) is 17.1 Å². The molecule has 3 N–H and O–H groups in total. The number of rotatable bonds is 7. The van der Waals surface area contributed by atoms with E-state index in [-0.39, 0.29) is 24.3 Å². The topological polar surface area (TPSA) is 90.5 Å². The zero-order valence-corrected chi connectivity index (χ0v) is 18.2. The Hall–Kier alpha value is -3.35. The van der Waals surface area contributed by atoms with Crippen LogP contribution < -0.4 is 16.0 Å². The van der Waals surface area contributed by atoms with Crippen molar-refractivity contribution in [1.29, 1.82) is 0 Å². The number of carbonyl (C=O) groups is 3. The fourth-order valence-corrected chi connectivity index (χ4v) is 3.53. The molecule has 3 amide bonds. The number of piperidine rings is 1. The molecule has 1 saturated heterocycles. The average Bonchev–Trinajstić information content (AvgIpc) is 2.80. The van der Waals surface area contributed by atoms with Crippen LogP contribution in [0.1, 0.15) is 48.5 Å². The molecule has 2 aromatic carbocycles. The molecule has 0 spiro atoms. The minimum atomic E-state index is -0.199. The Morgan fingerprint density at radius 2 is 1.48 bits per heavy atom. The highest BCUT2D eigenvalue weighted by Gasteiger charge is 2.18. The summed E-state index contributed by atoms with van der Waals surface area (Å²) in [5.41, 5.74) is 3.58. The summed E-state index contributed by atoms with van der Waals surface area (Å²) < 4.78 is 0. The number of amides is 3. The quantitative estimate of drug-likeness (QED) is 0.629. The second-order valence-corrected chi connectivity index (χ2v) is 7.71. The standard InChI is InChI=1S/C24H30N4O3/c1-3-22(29)26-20-8-7-9-21(17(20)2)27-23(30)16-25-19-12-10-18(11-13-19)24(31)28-14-5-4-6-15-28/h7-13,25H,3-6,14-16H2,1-2H3,(H,26,29)(H,27,30). The first-order valence-corrected chi connectivity index (χ1v) is 10.8. The summed E-state index contributed by atoms with van der Waals surface area (Å²) in [5.74, 6) is -0.208. The van der Waals surface area contributed by atoms with Gasteiger partial charge in [0.2, 0.25) is 11.8 Å². The molecule has 164 valence electrons. The molecule has 1 aliphatic rings. The molecule has 1 heterocycles. The van der Waals surface area contributed by atoms with Gasteiger partial charge in [0.15, 0.2) is 0 Å². The van der Waals surface area contributed by atoms with Crippen LogP contribution in [0, 0.1) is 6.92 Å². The van der Waals surface area contributed by atoms with Crippen molar-refractivity contribution in [2.45, 2.75) is 39.5 Å². The first-order chi connectivity index (χ1) is 15.0. The number of nitrogens with one attached hydrogen (secondary N) is 3.